The molecule has 0 saturated heterocycles. The molecule has 0 aromatic heterocycles. The number of fused-ring (bicyclic) bond motifs is 3. The summed E-state index contributed by atoms with van der Waals surface area (Å²) < 4.78 is 5.21. The molecule has 3 aromatic carbocycles. The van der Waals surface area contributed by atoms with Crippen molar-refractivity contribution < 1.29 is 19.4 Å². The monoisotopic (exact) mass is 468 g/mol. The Bertz CT molecular complexity index is 1520. The number of nitrogens with zero attached hydrogens (tertiary/aromatic N) is 2. The van der Waals surface area contributed by atoms with E-state index >= 15 is 0 Å². The lowest BCUT2D eigenvalue weighted by molar-refractivity contribution is 0.0952. The van der Waals surface area contributed by atoms with E-state index in [1.54, 1.807) is 49.6 Å². The Morgan fingerprint density at radius 1 is 0.914 bits per heavy atom. The fourth-order valence-corrected chi connectivity index (χ4v) is 3.94. The molecule has 3 amide bonds. The molecule has 0 bridgehead atoms. The standard InChI is InChI=1S/C25H20N6O4/c1-35-16-12-10-14(11-13-16)21-20-22(28-27-21)17-8-5-9-18(19(17)23(20)32)26-25(34)30-31-29-24(33)15-6-3-2-4-7-15/h2-13,27-28,32H,1H3,(H2,26,29,30,33,34). The number of hydrogen-bond acceptors (Lipinski definition) is 5. The van der Waals surface area contributed by atoms with Gasteiger partial charge in [0.15, 0.2) is 0 Å². The second-order valence-electron chi connectivity index (χ2n) is 7.62. The molecule has 3 aromatic rings. The minimum absolute atomic E-state index is 0.00328. The van der Waals surface area contributed by atoms with Gasteiger partial charge in [-0.15, -0.1) is 0 Å². The minimum Gasteiger partial charge on any atom is -0.506 e. The first kappa shape index (κ1) is 21.7. The number of carbonyl (C=O) groups excluding carboxylic acids is 2. The van der Waals surface area contributed by atoms with Gasteiger partial charge >= 0.3 is 6.03 Å². The Balaban J connectivity index is 1.41. The summed E-state index contributed by atoms with van der Waals surface area (Å²) in [7, 11) is 1.60. The van der Waals surface area contributed by atoms with Crippen molar-refractivity contribution in [1.29, 1.82) is 0 Å². The summed E-state index contributed by atoms with van der Waals surface area (Å²) >= 11 is 0. The predicted octanol–water partition coefficient (Wildman–Crippen LogP) is 5.31. The van der Waals surface area contributed by atoms with E-state index in [0.29, 0.717) is 39.0 Å². The number of methoxy groups -OCH3 is 1. The van der Waals surface area contributed by atoms with Crippen LogP contribution in [0.1, 0.15) is 10.4 Å². The molecule has 0 saturated carbocycles. The van der Waals surface area contributed by atoms with E-state index in [-0.39, 0.29) is 5.75 Å². The van der Waals surface area contributed by atoms with Crippen LogP contribution in [-0.2, 0) is 0 Å². The molecule has 0 spiro atoms. The van der Waals surface area contributed by atoms with Crippen molar-refractivity contribution in [3.8, 4) is 34.0 Å². The molecule has 35 heavy (non-hydrogen) atoms. The number of anilines is 1. The molecule has 1 aliphatic heterocycles. The van der Waals surface area contributed by atoms with Crippen LogP contribution in [-0.4, -0.2) is 34.4 Å². The molecule has 10 heteroatoms. The van der Waals surface area contributed by atoms with E-state index < -0.39 is 11.9 Å². The molecule has 5 rings (SSSR count). The van der Waals surface area contributed by atoms with Crippen molar-refractivity contribution in [3.63, 3.8) is 0 Å². The number of H-pyrrole nitrogens is 2. The Labute approximate surface area is 198 Å². The highest BCUT2D eigenvalue weighted by molar-refractivity contribution is 6.16. The Morgan fingerprint density at radius 2 is 1.66 bits per heavy atom. The zero-order valence-electron chi connectivity index (χ0n) is 18.5. The summed E-state index contributed by atoms with van der Waals surface area (Å²) in [5.74, 6) is 0.231. The molecule has 1 heterocycles. The number of amides is 3. The maximum absolute atomic E-state index is 12.4. The lowest BCUT2D eigenvalue weighted by atomic mass is 10.1. The van der Waals surface area contributed by atoms with Gasteiger partial charge in [-0.25, -0.2) is 10.2 Å². The van der Waals surface area contributed by atoms with Gasteiger partial charge in [0.05, 0.1) is 35.1 Å². The van der Waals surface area contributed by atoms with Crippen LogP contribution >= 0.6 is 0 Å². The van der Waals surface area contributed by atoms with Gasteiger partial charge in [-0.1, -0.05) is 40.7 Å². The molecule has 2 aliphatic rings. The molecule has 174 valence electrons. The van der Waals surface area contributed by atoms with E-state index in [4.69, 9.17) is 4.74 Å². The van der Waals surface area contributed by atoms with Gasteiger partial charge in [-0.2, -0.15) is 0 Å². The second kappa shape index (κ2) is 9.02. The summed E-state index contributed by atoms with van der Waals surface area (Å²) in [5.41, 5.74) is 5.76. The first-order valence-electron chi connectivity index (χ1n) is 10.6. The van der Waals surface area contributed by atoms with Crippen LogP contribution in [0.25, 0.3) is 33.3 Å². The van der Waals surface area contributed by atoms with Crippen LogP contribution in [0.15, 0.2) is 83.1 Å². The van der Waals surface area contributed by atoms with Gasteiger partial charge in [0.2, 0.25) is 0 Å². The summed E-state index contributed by atoms with van der Waals surface area (Å²) in [6, 6.07) is 20.3. The van der Waals surface area contributed by atoms with Gasteiger partial charge in [0.1, 0.15) is 11.5 Å². The van der Waals surface area contributed by atoms with Crippen LogP contribution in [0.3, 0.4) is 0 Å². The van der Waals surface area contributed by atoms with E-state index in [9.17, 15) is 14.7 Å². The molecule has 0 fully saturated rings. The number of aromatic amines is 2. The number of benzene rings is 3. The minimum atomic E-state index is -0.808. The van der Waals surface area contributed by atoms with Crippen molar-refractivity contribution in [1.82, 2.24) is 15.6 Å². The molecule has 5 N–H and O–H groups in total. The van der Waals surface area contributed by atoms with Crippen molar-refractivity contribution >= 4 is 28.4 Å². The maximum atomic E-state index is 12.4. The summed E-state index contributed by atoms with van der Waals surface area (Å²) in [6.07, 6.45) is 0. The quantitative estimate of drug-likeness (QED) is 0.176. The largest absolute Gasteiger partial charge is 0.506 e. The fraction of sp³-hybridized carbons (Fsp3) is 0.0400. The Morgan fingerprint density at radius 3 is 2.40 bits per heavy atom. The van der Waals surface area contributed by atoms with Crippen LogP contribution in [0, 0.1) is 0 Å². The average molecular weight is 468 g/mol. The molecule has 10 nitrogen and oxygen atoms in total. The number of urea groups is 1. The number of hydrogen-bond donors (Lipinski definition) is 5. The number of aromatic nitrogens is 2. The fourth-order valence-electron chi connectivity index (χ4n) is 3.94. The third-order valence-electron chi connectivity index (χ3n) is 5.57. The van der Waals surface area contributed by atoms with Crippen molar-refractivity contribution in [2.24, 2.45) is 10.3 Å². The normalized spacial score (nSPS) is 11.2. The molecule has 0 unspecified atom stereocenters. The lowest BCUT2D eigenvalue weighted by Crippen LogP contribution is -2.17. The van der Waals surface area contributed by atoms with Crippen LogP contribution in [0.4, 0.5) is 10.5 Å². The summed E-state index contributed by atoms with van der Waals surface area (Å²) in [5, 5.41) is 28.1. The number of ether oxygens (including phenoxy) is 1. The zero-order chi connectivity index (χ0) is 24.4. The van der Waals surface area contributed by atoms with Crippen LogP contribution < -0.4 is 15.5 Å². The van der Waals surface area contributed by atoms with E-state index in [0.717, 1.165) is 11.3 Å². The van der Waals surface area contributed by atoms with Gasteiger partial charge in [-0.3, -0.25) is 15.0 Å². The van der Waals surface area contributed by atoms with Gasteiger partial charge in [0, 0.05) is 16.5 Å². The summed E-state index contributed by atoms with van der Waals surface area (Å²) in [4.78, 5) is 24.4. The highest BCUT2D eigenvalue weighted by atomic mass is 16.5. The topological polar surface area (TPSA) is 144 Å². The van der Waals surface area contributed by atoms with E-state index in [1.807, 2.05) is 30.3 Å². The highest BCUT2D eigenvalue weighted by Crippen LogP contribution is 2.49. The molecular formula is C25H20N6O4. The highest BCUT2D eigenvalue weighted by Gasteiger charge is 2.26. The lowest BCUT2D eigenvalue weighted by Gasteiger charge is -2.05. The average Bonchev–Trinajstić information content (AvgIpc) is 3.45. The number of nitrogens with one attached hydrogen (secondary N) is 4. The van der Waals surface area contributed by atoms with Gasteiger partial charge in [-0.05, 0) is 42.5 Å². The first-order chi connectivity index (χ1) is 17.1. The smallest absolute Gasteiger partial charge is 0.365 e. The van der Waals surface area contributed by atoms with E-state index in [2.05, 4.69) is 31.3 Å². The van der Waals surface area contributed by atoms with Crippen molar-refractivity contribution in [2.75, 3.05) is 12.4 Å². The van der Waals surface area contributed by atoms with Gasteiger partial charge in [0.25, 0.3) is 5.91 Å². The molecule has 1 aliphatic carbocycles. The van der Waals surface area contributed by atoms with Crippen LogP contribution in [0.2, 0.25) is 0 Å². The van der Waals surface area contributed by atoms with Crippen molar-refractivity contribution in [3.05, 3.63) is 78.4 Å². The second-order valence-corrected chi connectivity index (χ2v) is 7.62. The number of rotatable bonds is 5. The number of carbonyl (C=O) groups is 2. The molecule has 0 radical (unpaired) electrons. The predicted molar refractivity (Wildman–Crippen MR) is 131 cm³/mol. The third-order valence-corrected chi connectivity index (χ3v) is 5.57. The number of aromatic hydroxyl groups is 1. The molecule has 0 atom stereocenters. The zero-order valence-corrected chi connectivity index (χ0v) is 18.5. The van der Waals surface area contributed by atoms with Crippen LogP contribution in [0.5, 0.6) is 11.5 Å². The Kier molecular flexibility index (Phi) is 5.60. The van der Waals surface area contributed by atoms with E-state index in [1.165, 1.54) is 0 Å². The Hall–Kier alpha value is -5.12. The first-order valence-corrected chi connectivity index (χ1v) is 10.6. The SMILES string of the molecule is COc1ccc(-c2[nH][nH]c3c4cccc(NC(=O)N=NNC(=O)c5ccccc5)c4c(O)c2-3)cc1. The van der Waals surface area contributed by atoms with Gasteiger partial charge < -0.3 is 15.2 Å². The maximum Gasteiger partial charge on any atom is 0.365 e. The van der Waals surface area contributed by atoms with Crippen molar-refractivity contribution in [2.45, 2.75) is 0 Å². The third kappa shape index (κ3) is 4.04. The summed E-state index contributed by atoms with van der Waals surface area (Å²) in [6.45, 7) is 0. The molecular weight excluding hydrogens is 448 g/mol.